The van der Waals surface area contributed by atoms with Crippen LogP contribution in [0.5, 0.6) is 17.2 Å². The third-order valence-corrected chi connectivity index (χ3v) is 5.40. The first-order valence-corrected chi connectivity index (χ1v) is 9.55. The van der Waals surface area contributed by atoms with Crippen LogP contribution in [-0.4, -0.2) is 24.3 Å². The Bertz CT molecular complexity index is 1350. The lowest BCUT2D eigenvalue weighted by Gasteiger charge is -2.16. The normalized spacial score (nSPS) is 10.8. The van der Waals surface area contributed by atoms with E-state index in [0.29, 0.717) is 54.8 Å². The summed E-state index contributed by atoms with van der Waals surface area (Å²) in [5.74, 6) is 0.850. The van der Waals surface area contributed by atoms with Crippen molar-refractivity contribution in [2.75, 3.05) is 19.5 Å². The Morgan fingerprint density at radius 2 is 1.73 bits per heavy atom. The van der Waals surface area contributed by atoms with Crippen molar-refractivity contribution in [3.63, 3.8) is 0 Å². The molecule has 0 aliphatic carbocycles. The van der Waals surface area contributed by atoms with Gasteiger partial charge in [-0.05, 0) is 30.3 Å². The smallest absolute Gasteiger partial charge is 0.168 e. The fraction of sp³-hybridized carbons (Fsp3) is 0.0909. The second-order valence-electron chi connectivity index (χ2n) is 6.43. The van der Waals surface area contributed by atoms with Crippen LogP contribution in [0.15, 0.2) is 42.6 Å². The van der Waals surface area contributed by atoms with Gasteiger partial charge in [0.05, 0.1) is 46.7 Å². The number of benzene rings is 3. The molecule has 2 N–H and O–H groups in total. The SMILES string of the molecule is COc1cc(Nc2c(C#N)cnc3c2ccc2c(OC)c(O)ccc23)c(Cl)cc1Cl. The van der Waals surface area contributed by atoms with E-state index in [9.17, 15) is 10.4 Å². The minimum absolute atomic E-state index is 0.0383. The van der Waals surface area contributed by atoms with Crippen molar-refractivity contribution in [3.8, 4) is 23.3 Å². The Hall–Kier alpha value is -3.40. The first-order valence-electron chi connectivity index (χ1n) is 8.80. The molecule has 4 rings (SSSR count). The maximum absolute atomic E-state index is 10.1. The predicted octanol–water partition coefficient (Wildman–Crippen LogP) is 6.03. The van der Waals surface area contributed by atoms with Crippen LogP contribution in [0.4, 0.5) is 11.4 Å². The number of ether oxygens (including phenoxy) is 2. The summed E-state index contributed by atoms with van der Waals surface area (Å²) in [6, 6.07) is 12.3. The third-order valence-electron chi connectivity index (χ3n) is 4.79. The van der Waals surface area contributed by atoms with Gasteiger partial charge in [0, 0.05) is 28.4 Å². The molecule has 0 radical (unpaired) electrons. The zero-order valence-electron chi connectivity index (χ0n) is 16.0. The van der Waals surface area contributed by atoms with Crippen LogP contribution in [0.2, 0.25) is 10.0 Å². The van der Waals surface area contributed by atoms with Gasteiger partial charge in [0.2, 0.25) is 0 Å². The van der Waals surface area contributed by atoms with E-state index in [1.807, 2.05) is 12.1 Å². The van der Waals surface area contributed by atoms with Crippen molar-refractivity contribution >= 4 is 56.3 Å². The minimum atomic E-state index is 0.0383. The number of methoxy groups -OCH3 is 2. The summed E-state index contributed by atoms with van der Waals surface area (Å²) in [6.07, 6.45) is 1.49. The van der Waals surface area contributed by atoms with Crippen LogP contribution in [0.3, 0.4) is 0 Å². The van der Waals surface area contributed by atoms with Crippen molar-refractivity contribution < 1.29 is 14.6 Å². The lowest BCUT2D eigenvalue weighted by molar-refractivity contribution is 0.378. The number of hydrogen-bond donors (Lipinski definition) is 2. The third kappa shape index (κ3) is 3.18. The second-order valence-corrected chi connectivity index (χ2v) is 7.24. The molecule has 0 bridgehead atoms. The highest BCUT2D eigenvalue weighted by Crippen LogP contribution is 2.41. The number of pyridine rings is 1. The van der Waals surface area contributed by atoms with E-state index in [2.05, 4.69) is 16.4 Å². The van der Waals surface area contributed by atoms with Gasteiger partial charge in [0.15, 0.2) is 11.5 Å². The van der Waals surface area contributed by atoms with E-state index in [0.717, 1.165) is 5.39 Å². The minimum Gasteiger partial charge on any atom is -0.504 e. The summed E-state index contributed by atoms with van der Waals surface area (Å²) < 4.78 is 10.6. The molecule has 0 amide bonds. The molecule has 8 heteroatoms. The van der Waals surface area contributed by atoms with Gasteiger partial charge < -0.3 is 19.9 Å². The topological polar surface area (TPSA) is 87.4 Å². The number of aromatic nitrogens is 1. The molecule has 0 aliphatic rings. The zero-order chi connectivity index (χ0) is 21.4. The number of phenols is 1. The predicted molar refractivity (Wildman–Crippen MR) is 118 cm³/mol. The molecule has 0 atom stereocenters. The highest BCUT2D eigenvalue weighted by atomic mass is 35.5. The number of nitrogens with zero attached hydrogens (tertiary/aromatic N) is 2. The van der Waals surface area contributed by atoms with Gasteiger partial charge in [-0.2, -0.15) is 5.26 Å². The van der Waals surface area contributed by atoms with Crippen LogP contribution < -0.4 is 14.8 Å². The first kappa shape index (κ1) is 19.9. The molecule has 0 spiro atoms. The molecule has 0 saturated heterocycles. The number of hydrogen-bond acceptors (Lipinski definition) is 6. The average Bonchev–Trinajstić information content (AvgIpc) is 2.75. The number of halogens is 2. The maximum atomic E-state index is 10.1. The number of phenolic OH excluding ortho intramolecular Hbond substituents is 1. The summed E-state index contributed by atoms with van der Waals surface area (Å²) in [4.78, 5) is 4.48. The van der Waals surface area contributed by atoms with Gasteiger partial charge in [-0.15, -0.1) is 0 Å². The number of fused-ring (bicyclic) bond motifs is 3. The molecule has 1 aromatic heterocycles. The van der Waals surface area contributed by atoms with E-state index in [-0.39, 0.29) is 5.75 Å². The molecule has 3 aromatic carbocycles. The number of rotatable bonds is 4. The Kier molecular flexibility index (Phi) is 5.17. The van der Waals surface area contributed by atoms with E-state index < -0.39 is 0 Å². The Morgan fingerprint density at radius 3 is 2.43 bits per heavy atom. The summed E-state index contributed by atoms with van der Waals surface area (Å²) in [7, 11) is 3.00. The number of aromatic hydroxyl groups is 1. The average molecular weight is 440 g/mol. The Morgan fingerprint density at radius 1 is 1.00 bits per heavy atom. The molecule has 1 heterocycles. The van der Waals surface area contributed by atoms with Crippen molar-refractivity contribution in [2.45, 2.75) is 0 Å². The summed E-state index contributed by atoms with van der Waals surface area (Å²) in [6.45, 7) is 0. The standard InChI is InChI=1S/C22H15Cl2N3O3/c1-29-19-8-17(15(23)7-16(19)24)27-20-11(9-25)10-26-21-12-5-6-18(28)22(30-2)13(12)3-4-14(20)21/h3-8,10,28H,1-2H3,(H,26,27). The highest BCUT2D eigenvalue weighted by molar-refractivity contribution is 6.37. The summed E-state index contributed by atoms with van der Waals surface area (Å²) >= 11 is 12.5. The van der Waals surface area contributed by atoms with Crippen LogP contribution in [0.1, 0.15) is 5.56 Å². The van der Waals surface area contributed by atoms with Crippen LogP contribution in [0.25, 0.3) is 21.7 Å². The number of anilines is 2. The van der Waals surface area contributed by atoms with Crippen molar-refractivity contribution in [2.24, 2.45) is 0 Å². The van der Waals surface area contributed by atoms with Crippen molar-refractivity contribution in [1.29, 1.82) is 5.26 Å². The molecule has 0 fully saturated rings. The highest BCUT2D eigenvalue weighted by Gasteiger charge is 2.17. The Balaban J connectivity index is 1.98. The van der Waals surface area contributed by atoms with Gasteiger partial charge in [0.25, 0.3) is 0 Å². The molecule has 150 valence electrons. The fourth-order valence-corrected chi connectivity index (χ4v) is 3.89. The molecular formula is C22H15Cl2N3O3. The van der Waals surface area contributed by atoms with Crippen molar-refractivity contribution in [3.05, 3.63) is 58.2 Å². The first-order chi connectivity index (χ1) is 14.5. The molecule has 0 aliphatic heterocycles. The molecule has 6 nitrogen and oxygen atoms in total. The molecule has 4 aromatic rings. The van der Waals surface area contributed by atoms with Crippen LogP contribution >= 0.6 is 23.2 Å². The zero-order valence-corrected chi connectivity index (χ0v) is 17.5. The maximum Gasteiger partial charge on any atom is 0.168 e. The van der Waals surface area contributed by atoms with E-state index in [4.69, 9.17) is 32.7 Å². The summed E-state index contributed by atoms with van der Waals surface area (Å²) in [5.41, 5.74) is 2.06. The number of nitrogens with one attached hydrogen (secondary N) is 1. The second kappa shape index (κ2) is 7.79. The van der Waals surface area contributed by atoms with Gasteiger partial charge in [-0.25, -0.2) is 0 Å². The van der Waals surface area contributed by atoms with Gasteiger partial charge >= 0.3 is 0 Å². The fourth-order valence-electron chi connectivity index (χ4n) is 3.38. The van der Waals surface area contributed by atoms with E-state index in [1.165, 1.54) is 20.4 Å². The molecule has 0 unspecified atom stereocenters. The lowest BCUT2D eigenvalue weighted by atomic mass is 10.0. The van der Waals surface area contributed by atoms with Gasteiger partial charge in [-0.1, -0.05) is 23.2 Å². The molecule has 30 heavy (non-hydrogen) atoms. The quantitative estimate of drug-likeness (QED) is 0.377. The Labute approximate surface area is 182 Å². The molecular weight excluding hydrogens is 425 g/mol. The van der Waals surface area contributed by atoms with Gasteiger partial charge in [-0.3, -0.25) is 4.98 Å². The lowest BCUT2D eigenvalue weighted by Crippen LogP contribution is -1.99. The van der Waals surface area contributed by atoms with Crippen LogP contribution in [-0.2, 0) is 0 Å². The summed E-state index contributed by atoms with van der Waals surface area (Å²) in [5, 5.41) is 25.9. The van der Waals surface area contributed by atoms with Crippen molar-refractivity contribution in [1.82, 2.24) is 4.98 Å². The largest absolute Gasteiger partial charge is 0.504 e. The van der Waals surface area contributed by atoms with Gasteiger partial charge in [0.1, 0.15) is 11.8 Å². The number of nitriles is 1. The van der Waals surface area contributed by atoms with E-state index in [1.54, 1.807) is 24.3 Å². The van der Waals surface area contributed by atoms with E-state index >= 15 is 0 Å². The van der Waals surface area contributed by atoms with Crippen LogP contribution in [0, 0.1) is 11.3 Å². The molecule has 0 saturated carbocycles. The monoisotopic (exact) mass is 439 g/mol.